The largest absolute Gasteiger partial charge is 0.494 e. The topological polar surface area (TPSA) is 77.2 Å². The van der Waals surface area contributed by atoms with Crippen LogP contribution in [0.25, 0.3) is 5.69 Å². The molecule has 0 amide bonds. The van der Waals surface area contributed by atoms with Gasteiger partial charge < -0.3 is 9.84 Å². The number of nitrogens with zero attached hydrogens (tertiary/aromatic N) is 3. The van der Waals surface area contributed by atoms with E-state index in [-0.39, 0.29) is 5.69 Å². The van der Waals surface area contributed by atoms with Crippen molar-refractivity contribution in [3.05, 3.63) is 35.7 Å². The van der Waals surface area contributed by atoms with Gasteiger partial charge in [0, 0.05) is 5.41 Å². The molecule has 1 N–H and O–H groups in total. The Balaban J connectivity index is 2.33. The number of rotatable bonds is 6. The first kappa shape index (κ1) is 17.0. The molecule has 1 heterocycles. The number of hydrogen-bond donors (Lipinski definition) is 1. The van der Waals surface area contributed by atoms with Gasteiger partial charge in [-0.15, -0.1) is 5.10 Å². The predicted molar refractivity (Wildman–Crippen MR) is 87.4 cm³/mol. The van der Waals surface area contributed by atoms with E-state index in [0.29, 0.717) is 12.3 Å². The minimum atomic E-state index is -1.07. The molecule has 0 radical (unpaired) electrons. The van der Waals surface area contributed by atoms with E-state index in [1.165, 1.54) is 0 Å². The van der Waals surface area contributed by atoms with Gasteiger partial charge in [-0.05, 0) is 30.7 Å². The van der Waals surface area contributed by atoms with E-state index in [1.807, 2.05) is 45.0 Å². The van der Waals surface area contributed by atoms with E-state index in [9.17, 15) is 9.90 Å². The molecule has 2 rings (SSSR count). The Labute approximate surface area is 136 Å². The van der Waals surface area contributed by atoms with E-state index < -0.39 is 11.4 Å². The molecule has 0 aliphatic heterocycles. The maximum absolute atomic E-state index is 11.4. The summed E-state index contributed by atoms with van der Waals surface area (Å²) in [6.45, 7) is 8.63. The fourth-order valence-electron chi connectivity index (χ4n) is 2.30. The van der Waals surface area contributed by atoms with Gasteiger partial charge in [0.1, 0.15) is 5.75 Å². The Hall–Kier alpha value is -2.37. The summed E-state index contributed by atoms with van der Waals surface area (Å²) < 4.78 is 7.22. The van der Waals surface area contributed by atoms with E-state index in [1.54, 1.807) is 4.68 Å². The molecule has 124 valence electrons. The second-order valence-corrected chi connectivity index (χ2v) is 6.45. The maximum Gasteiger partial charge on any atom is 0.358 e. The number of aromatic nitrogens is 3. The van der Waals surface area contributed by atoms with Crippen molar-refractivity contribution in [1.29, 1.82) is 0 Å². The molecule has 23 heavy (non-hydrogen) atoms. The molecule has 1 aromatic carbocycles. The number of unbranched alkanes of at least 4 members (excludes halogenated alkanes) is 1. The van der Waals surface area contributed by atoms with E-state index >= 15 is 0 Å². The summed E-state index contributed by atoms with van der Waals surface area (Å²) in [5, 5.41) is 17.2. The van der Waals surface area contributed by atoms with Crippen LogP contribution in [0.5, 0.6) is 5.75 Å². The highest BCUT2D eigenvalue weighted by Crippen LogP contribution is 2.27. The molecule has 2 aromatic rings. The lowest BCUT2D eigenvalue weighted by Gasteiger charge is -2.20. The molecule has 0 aliphatic carbocycles. The molecule has 0 atom stereocenters. The Bertz CT molecular complexity index is 669. The van der Waals surface area contributed by atoms with Crippen LogP contribution < -0.4 is 4.74 Å². The van der Waals surface area contributed by atoms with Crippen molar-refractivity contribution in [2.24, 2.45) is 0 Å². The van der Waals surface area contributed by atoms with Gasteiger partial charge in [-0.2, -0.15) is 0 Å². The molecule has 6 nitrogen and oxygen atoms in total. The van der Waals surface area contributed by atoms with E-state index in [2.05, 4.69) is 17.2 Å². The van der Waals surface area contributed by atoms with Crippen LogP contribution in [0.4, 0.5) is 0 Å². The summed E-state index contributed by atoms with van der Waals surface area (Å²) in [6.07, 6.45) is 2.10. The van der Waals surface area contributed by atoms with Crippen LogP contribution in [0.2, 0.25) is 0 Å². The molecule has 0 saturated carbocycles. The van der Waals surface area contributed by atoms with Crippen LogP contribution in [0.1, 0.15) is 56.7 Å². The number of carboxylic acid groups (broad SMARTS) is 1. The molecule has 1 aromatic heterocycles. The van der Waals surface area contributed by atoms with Crippen LogP contribution in [-0.2, 0) is 5.41 Å². The summed E-state index contributed by atoms with van der Waals surface area (Å²) in [4.78, 5) is 11.4. The standard InChI is InChI=1S/C17H23N3O3/c1-5-6-11-23-13-9-7-12(8-10-13)20-15(17(2,3)4)14(16(21)22)18-19-20/h7-10H,5-6,11H2,1-4H3,(H,21,22). The van der Waals surface area contributed by atoms with E-state index in [4.69, 9.17) is 4.74 Å². The number of benzene rings is 1. The lowest BCUT2D eigenvalue weighted by molar-refractivity contribution is 0.0687. The minimum Gasteiger partial charge on any atom is -0.494 e. The highest BCUT2D eigenvalue weighted by atomic mass is 16.5. The summed E-state index contributed by atoms with van der Waals surface area (Å²) in [5.74, 6) is -0.279. The first-order valence-electron chi connectivity index (χ1n) is 7.77. The summed E-state index contributed by atoms with van der Waals surface area (Å²) in [7, 11) is 0. The molecule has 6 heteroatoms. The predicted octanol–water partition coefficient (Wildman–Crippen LogP) is 3.44. The molecular formula is C17H23N3O3. The minimum absolute atomic E-state index is 0.0132. The van der Waals surface area contributed by atoms with Gasteiger partial charge in [0.25, 0.3) is 0 Å². The van der Waals surface area contributed by atoms with Gasteiger partial charge in [-0.1, -0.05) is 39.3 Å². The first-order valence-corrected chi connectivity index (χ1v) is 7.77. The third-order valence-electron chi connectivity index (χ3n) is 3.43. The number of hydrogen-bond acceptors (Lipinski definition) is 4. The number of carbonyl (C=O) groups is 1. The molecule has 0 spiro atoms. The van der Waals surface area contributed by atoms with Gasteiger partial charge in [-0.25, -0.2) is 9.48 Å². The van der Waals surface area contributed by atoms with Crippen LogP contribution in [-0.4, -0.2) is 32.7 Å². The second-order valence-electron chi connectivity index (χ2n) is 6.45. The molecule has 0 fully saturated rings. The highest BCUT2D eigenvalue weighted by molar-refractivity contribution is 5.87. The molecule has 0 unspecified atom stereocenters. The van der Waals surface area contributed by atoms with Gasteiger partial charge in [0.15, 0.2) is 5.69 Å². The molecule has 0 aliphatic rings. The van der Waals surface area contributed by atoms with Crippen molar-refractivity contribution in [2.45, 2.75) is 46.0 Å². The molecular weight excluding hydrogens is 294 g/mol. The van der Waals surface area contributed by atoms with E-state index in [0.717, 1.165) is 24.3 Å². The van der Waals surface area contributed by atoms with Crippen molar-refractivity contribution in [1.82, 2.24) is 15.0 Å². The van der Waals surface area contributed by atoms with Crippen molar-refractivity contribution >= 4 is 5.97 Å². The summed E-state index contributed by atoms with van der Waals surface area (Å²) >= 11 is 0. The third-order valence-corrected chi connectivity index (χ3v) is 3.43. The zero-order valence-electron chi connectivity index (χ0n) is 14.0. The summed E-state index contributed by atoms with van der Waals surface area (Å²) in [6, 6.07) is 7.44. The average molecular weight is 317 g/mol. The van der Waals surface area contributed by atoms with Crippen molar-refractivity contribution in [3.63, 3.8) is 0 Å². The average Bonchev–Trinajstić information content (AvgIpc) is 2.93. The monoisotopic (exact) mass is 317 g/mol. The van der Waals surface area contributed by atoms with Crippen LogP contribution in [0, 0.1) is 0 Å². The first-order chi connectivity index (χ1) is 10.8. The van der Waals surface area contributed by atoms with Crippen molar-refractivity contribution < 1.29 is 14.6 Å². The highest BCUT2D eigenvalue weighted by Gasteiger charge is 2.29. The molecule has 0 bridgehead atoms. The van der Waals surface area contributed by atoms with Gasteiger partial charge in [0.2, 0.25) is 0 Å². The van der Waals surface area contributed by atoms with Gasteiger partial charge in [-0.3, -0.25) is 0 Å². The lowest BCUT2D eigenvalue weighted by Crippen LogP contribution is -2.21. The van der Waals surface area contributed by atoms with Crippen LogP contribution in [0.15, 0.2) is 24.3 Å². The number of carboxylic acids is 1. The van der Waals surface area contributed by atoms with Crippen LogP contribution in [0.3, 0.4) is 0 Å². The fraction of sp³-hybridized carbons (Fsp3) is 0.471. The maximum atomic E-state index is 11.4. The number of ether oxygens (including phenoxy) is 1. The van der Waals surface area contributed by atoms with Gasteiger partial charge >= 0.3 is 5.97 Å². The summed E-state index contributed by atoms with van der Waals surface area (Å²) in [5.41, 5.74) is 0.927. The quantitative estimate of drug-likeness (QED) is 0.826. The Morgan fingerprint density at radius 3 is 2.43 bits per heavy atom. The third kappa shape index (κ3) is 3.88. The molecule has 0 saturated heterocycles. The zero-order valence-corrected chi connectivity index (χ0v) is 14.0. The Morgan fingerprint density at radius 1 is 1.26 bits per heavy atom. The fourth-order valence-corrected chi connectivity index (χ4v) is 2.30. The van der Waals surface area contributed by atoms with Crippen LogP contribution >= 0.6 is 0 Å². The van der Waals surface area contributed by atoms with Crippen molar-refractivity contribution in [3.8, 4) is 11.4 Å². The van der Waals surface area contributed by atoms with Gasteiger partial charge in [0.05, 0.1) is 18.0 Å². The number of aromatic carboxylic acids is 1. The second kappa shape index (κ2) is 6.81. The lowest BCUT2D eigenvalue weighted by atomic mass is 9.90. The zero-order chi connectivity index (χ0) is 17.0. The SMILES string of the molecule is CCCCOc1ccc(-n2nnc(C(=O)O)c2C(C)(C)C)cc1. The Kier molecular flexibility index (Phi) is 5.03. The van der Waals surface area contributed by atoms with Crippen molar-refractivity contribution in [2.75, 3.05) is 6.61 Å². The smallest absolute Gasteiger partial charge is 0.358 e. The normalized spacial score (nSPS) is 11.5. The Morgan fingerprint density at radius 2 is 1.91 bits per heavy atom.